The fourth-order valence-electron chi connectivity index (χ4n) is 3.68. The molecule has 1 N–H and O–H groups in total. The number of hydrogen-bond donors (Lipinski definition) is 1. The number of hydrogen-bond acceptors (Lipinski definition) is 2. The minimum Gasteiger partial charge on any atom is -0.327 e. The van der Waals surface area contributed by atoms with Crippen molar-refractivity contribution < 1.29 is 0 Å². The zero-order valence-electron chi connectivity index (χ0n) is 11.0. The van der Waals surface area contributed by atoms with Crippen LogP contribution >= 0.6 is 0 Å². The standard InChI is InChI=1S/C16H19N3/c1-2-4-12(5-3-1)16-10-17-11-19(16)15-8-13-6-7-14(9-15)18-13/h1-5,10-11,13-15,18H,6-9H2. The predicted octanol–water partition coefficient (Wildman–Crippen LogP) is 3.01. The van der Waals surface area contributed by atoms with Crippen LogP contribution in [-0.4, -0.2) is 21.6 Å². The molecule has 98 valence electrons. The van der Waals surface area contributed by atoms with Crippen LogP contribution in [0.2, 0.25) is 0 Å². The van der Waals surface area contributed by atoms with Gasteiger partial charge in [-0.1, -0.05) is 30.3 Å². The number of imidazole rings is 1. The first-order valence-corrected chi connectivity index (χ1v) is 7.23. The number of nitrogens with one attached hydrogen (secondary N) is 1. The molecule has 0 saturated carbocycles. The van der Waals surface area contributed by atoms with Crippen molar-refractivity contribution in [3.05, 3.63) is 42.9 Å². The van der Waals surface area contributed by atoms with Crippen LogP contribution in [0.15, 0.2) is 42.9 Å². The fraction of sp³-hybridized carbons (Fsp3) is 0.438. The van der Waals surface area contributed by atoms with Crippen molar-refractivity contribution in [2.45, 2.75) is 43.8 Å². The molecule has 2 fully saturated rings. The maximum absolute atomic E-state index is 4.39. The van der Waals surface area contributed by atoms with Gasteiger partial charge in [0.25, 0.3) is 0 Å². The second kappa shape index (κ2) is 4.49. The van der Waals surface area contributed by atoms with E-state index in [2.05, 4.69) is 45.2 Å². The molecule has 2 aliphatic heterocycles. The Morgan fingerprint density at radius 1 is 1.05 bits per heavy atom. The monoisotopic (exact) mass is 253 g/mol. The normalized spacial score (nSPS) is 29.6. The van der Waals surface area contributed by atoms with E-state index in [0.717, 1.165) is 12.1 Å². The Kier molecular flexibility index (Phi) is 2.66. The Morgan fingerprint density at radius 3 is 2.53 bits per heavy atom. The van der Waals surface area contributed by atoms with Crippen molar-refractivity contribution in [1.29, 1.82) is 0 Å². The minimum atomic E-state index is 0.608. The van der Waals surface area contributed by atoms with Gasteiger partial charge >= 0.3 is 0 Å². The van der Waals surface area contributed by atoms with E-state index in [9.17, 15) is 0 Å². The van der Waals surface area contributed by atoms with E-state index in [0.29, 0.717) is 6.04 Å². The van der Waals surface area contributed by atoms with Crippen molar-refractivity contribution in [2.75, 3.05) is 0 Å². The summed E-state index contributed by atoms with van der Waals surface area (Å²) in [5.41, 5.74) is 2.53. The van der Waals surface area contributed by atoms with Crippen LogP contribution in [-0.2, 0) is 0 Å². The zero-order chi connectivity index (χ0) is 12.7. The van der Waals surface area contributed by atoms with Crippen molar-refractivity contribution in [1.82, 2.24) is 14.9 Å². The third-order valence-electron chi connectivity index (χ3n) is 4.58. The van der Waals surface area contributed by atoms with E-state index in [4.69, 9.17) is 0 Å². The van der Waals surface area contributed by atoms with Gasteiger partial charge in [-0.2, -0.15) is 0 Å². The third-order valence-corrected chi connectivity index (χ3v) is 4.58. The van der Waals surface area contributed by atoms with Crippen LogP contribution in [0.4, 0.5) is 0 Å². The fourth-order valence-corrected chi connectivity index (χ4v) is 3.68. The molecule has 2 aliphatic rings. The number of fused-ring (bicyclic) bond motifs is 2. The molecule has 2 atom stereocenters. The lowest BCUT2D eigenvalue weighted by atomic mass is 9.99. The van der Waals surface area contributed by atoms with E-state index in [1.165, 1.54) is 36.9 Å². The largest absolute Gasteiger partial charge is 0.327 e. The summed E-state index contributed by atoms with van der Waals surface area (Å²) in [6.07, 6.45) is 9.18. The number of aromatic nitrogens is 2. The van der Waals surface area contributed by atoms with Gasteiger partial charge < -0.3 is 9.88 Å². The summed E-state index contributed by atoms with van der Waals surface area (Å²) in [6.45, 7) is 0. The lowest BCUT2D eigenvalue weighted by Gasteiger charge is -2.31. The lowest BCUT2D eigenvalue weighted by molar-refractivity contribution is 0.300. The van der Waals surface area contributed by atoms with E-state index in [-0.39, 0.29) is 0 Å². The molecule has 2 unspecified atom stereocenters. The molecular weight excluding hydrogens is 234 g/mol. The second-order valence-electron chi connectivity index (χ2n) is 5.82. The van der Waals surface area contributed by atoms with Gasteiger partial charge in [0.05, 0.1) is 18.2 Å². The Balaban J connectivity index is 1.67. The topological polar surface area (TPSA) is 29.9 Å². The summed E-state index contributed by atoms with van der Waals surface area (Å²) in [4.78, 5) is 4.39. The number of piperidine rings is 1. The van der Waals surface area contributed by atoms with Crippen LogP contribution in [0.25, 0.3) is 11.3 Å². The first-order valence-electron chi connectivity index (χ1n) is 7.23. The highest BCUT2D eigenvalue weighted by molar-refractivity contribution is 5.58. The van der Waals surface area contributed by atoms with Crippen molar-refractivity contribution >= 4 is 0 Å². The molecule has 0 spiro atoms. The SMILES string of the molecule is c1ccc(-c2cncn2C2CC3CCC(C2)N3)cc1. The summed E-state index contributed by atoms with van der Waals surface area (Å²) >= 11 is 0. The molecule has 2 saturated heterocycles. The van der Waals surface area contributed by atoms with E-state index in [1.54, 1.807) is 0 Å². The first-order chi connectivity index (χ1) is 9.40. The van der Waals surface area contributed by atoms with Gasteiger partial charge in [0, 0.05) is 18.1 Å². The molecule has 3 nitrogen and oxygen atoms in total. The molecular formula is C16H19N3. The van der Waals surface area contributed by atoms with Crippen LogP contribution in [0.1, 0.15) is 31.7 Å². The van der Waals surface area contributed by atoms with Gasteiger partial charge in [0.15, 0.2) is 0 Å². The molecule has 3 heteroatoms. The highest BCUT2D eigenvalue weighted by atomic mass is 15.1. The number of nitrogens with zero attached hydrogens (tertiary/aromatic N) is 2. The third kappa shape index (κ3) is 1.98. The number of benzene rings is 1. The summed E-state index contributed by atoms with van der Waals surface area (Å²) in [7, 11) is 0. The molecule has 3 heterocycles. The van der Waals surface area contributed by atoms with E-state index < -0.39 is 0 Å². The Bertz CT molecular complexity index is 548. The van der Waals surface area contributed by atoms with Crippen LogP contribution < -0.4 is 5.32 Å². The Hall–Kier alpha value is -1.61. The van der Waals surface area contributed by atoms with Gasteiger partial charge in [-0.3, -0.25) is 0 Å². The maximum Gasteiger partial charge on any atom is 0.0953 e. The van der Waals surface area contributed by atoms with E-state index in [1.807, 2.05) is 12.5 Å². The summed E-state index contributed by atoms with van der Waals surface area (Å²) in [5, 5.41) is 3.71. The lowest BCUT2D eigenvalue weighted by Crippen LogP contribution is -2.38. The van der Waals surface area contributed by atoms with E-state index >= 15 is 0 Å². The molecule has 0 amide bonds. The van der Waals surface area contributed by atoms with Crippen molar-refractivity contribution in [3.8, 4) is 11.3 Å². The molecule has 1 aromatic heterocycles. The smallest absolute Gasteiger partial charge is 0.0953 e. The molecule has 2 bridgehead atoms. The highest BCUT2D eigenvalue weighted by Crippen LogP contribution is 2.36. The van der Waals surface area contributed by atoms with Crippen molar-refractivity contribution in [2.24, 2.45) is 0 Å². The molecule has 1 aromatic carbocycles. The summed E-state index contributed by atoms with van der Waals surface area (Å²) in [5.74, 6) is 0. The molecule has 0 radical (unpaired) electrons. The Labute approximate surface area is 113 Å². The predicted molar refractivity (Wildman–Crippen MR) is 75.9 cm³/mol. The number of rotatable bonds is 2. The summed E-state index contributed by atoms with van der Waals surface area (Å²) < 4.78 is 2.39. The molecule has 19 heavy (non-hydrogen) atoms. The van der Waals surface area contributed by atoms with Gasteiger partial charge in [-0.15, -0.1) is 0 Å². The van der Waals surface area contributed by atoms with Gasteiger partial charge in [0.1, 0.15) is 0 Å². The summed E-state index contributed by atoms with van der Waals surface area (Å²) in [6, 6.07) is 12.6. The van der Waals surface area contributed by atoms with Crippen molar-refractivity contribution in [3.63, 3.8) is 0 Å². The molecule has 0 aliphatic carbocycles. The molecule has 2 aromatic rings. The second-order valence-corrected chi connectivity index (χ2v) is 5.82. The van der Waals surface area contributed by atoms with Crippen LogP contribution in [0.3, 0.4) is 0 Å². The minimum absolute atomic E-state index is 0.608. The van der Waals surface area contributed by atoms with Gasteiger partial charge in [0.2, 0.25) is 0 Å². The van der Waals surface area contributed by atoms with Crippen LogP contribution in [0, 0.1) is 0 Å². The van der Waals surface area contributed by atoms with Gasteiger partial charge in [-0.25, -0.2) is 4.98 Å². The highest BCUT2D eigenvalue weighted by Gasteiger charge is 2.34. The van der Waals surface area contributed by atoms with Gasteiger partial charge in [-0.05, 0) is 31.2 Å². The average molecular weight is 253 g/mol. The first kappa shape index (κ1) is 11.2. The quantitative estimate of drug-likeness (QED) is 0.891. The average Bonchev–Trinajstić information content (AvgIpc) is 3.07. The molecule has 4 rings (SSSR count). The maximum atomic E-state index is 4.39. The van der Waals surface area contributed by atoms with Crippen LogP contribution in [0.5, 0.6) is 0 Å². The Morgan fingerprint density at radius 2 is 1.79 bits per heavy atom. The zero-order valence-corrected chi connectivity index (χ0v) is 11.0.